The minimum Gasteiger partial charge on any atom is -0.339 e. The molecule has 0 aliphatic rings. The zero-order valence-corrected chi connectivity index (χ0v) is 18.0. The molecule has 0 bridgehead atoms. The first-order valence-electron chi connectivity index (χ1n) is 7.48. The number of alkyl halides is 3. The second-order valence-corrected chi connectivity index (χ2v) is 8.91. The third-order valence-corrected chi connectivity index (χ3v) is 4.80. The Kier molecular flexibility index (Phi) is 7.98. The molecule has 0 aliphatic carbocycles. The van der Waals surface area contributed by atoms with Crippen LogP contribution in [0.4, 0.5) is 5.69 Å². The Morgan fingerprint density at radius 3 is 2.27 bits per heavy atom. The molecule has 0 radical (unpaired) electrons. The van der Waals surface area contributed by atoms with Gasteiger partial charge in [-0.1, -0.05) is 77.3 Å². The van der Waals surface area contributed by atoms with Crippen molar-refractivity contribution in [3.63, 3.8) is 0 Å². The number of thiocarbonyl (C=S) groups is 1. The Labute approximate surface area is 180 Å². The fourth-order valence-electron chi connectivity index (χ4n) is 2.05. The van der Waals surface area contributed by atoms with Crippen LogP contribution in [0.1, 0.15) is 5.56 Å². The standard InChI is InChI=1S/C17H15BrCl3N3OS/c18-12-8-4-5-9-13(12)22-16(26)24-15(17(19,20)21)23-14(25)10-11-6-2-1-3-7-11/h1-9,15H,10H2,(H,23,25)(H2,22,24,26)/t15-/m1/s1. The molecule has 0 spiro atoms. The molecule has 0 saturated heterocycles. The summed E-state index contributed by atoms with van der Waals surface area (Å²) < 4.78 is -0.978. The fourth-order valence-corrected chi connectivity index (χ4v) is 2.98. The third kappa shape index (κ3) is 6.93. The van der Waals surface area contributed by atoms with Gasteiger partial charge in [-0.3, -0.25) is 4.79 Å². The van der Waals surface area contributed by atoms with E-state index in [4.69, 9.17) is 47.0 Å². The van der Waals surface area contributed by atoms with Crippen molar-refractivity contribution in [3.05, 3.63) is 64.6 Å². The van der Waals surface area contributed by atoms with Crippen LogP contribution in [0.25, 0.3) is 0 Å². The summed E-state index contributed by atoms with van der Waals surface area (Å²) in [5.41, 5.74) is 1.59. The molecule has 0 saturated carbocycles. The van der Waals surface area contributed by atoms with Crippen molar-refractivity contribution in [2.75, 3.05) is 5.32 Å². The van der Waals surface area contributed by atoms with Gasteiger partial charge in [0.25, 0.3) is 0 Å². The first-order valence-corrected chi connectivity index (χ1v) is 9.81. The number of hydrogen-bond donors (Lipinski definition) is 3. The molecule has 0 heterocycles. The molecule has 0 fully saturated rings. The molecule has 0 aromatic heterocycles. The highest BCUT2D eigenvalue weighted by molar-refractivity contribution is 9.10. The van der Waals surface area contributed by atoms with E-state index in [1.165, 1.54) is 0 Å². The number of amides is 1. The highest BCUT2D eigenvalue weighted by Gasteiger charge is 2.34. The van der Waals surface area contributed by atoms with Crippen LogP contribution in [0, 0.1) is 0 Å². The van der Waals surface area contributed by atoms with Crippen molar-refractivity contribution < 1.29 is 4.79 Å². The van der Waals surface area contributed by atoms with E-state index in [0.717, 1.165) is 15.7 Å². The van der Waals surface area contributed by atoms with Gasteiger partial charge in [-0.05, 0) is 45.8 Å². The molecule has 0 unspecified atom stereocenters. The number of carbonyl (C=O) groups excluding carboxylic acids is 1. The first kappa shape index (κ1) is 21.3. The molecule has 2 rings (SSSR count). The third-order valence-electron chi connectivity index (χ3n) is 3.24. The number of nitrogens with one attached hydrogen (secondary N) is 3. The van der Waals surface area contributed by atoms with Gasteiger partial charge in [-0.15, -0.1) is 0 Å². The van der Waals surface area contributed by atoms with Crippen LogP contribution in [0.2, 0.25) is 0 Å². The van der Waals surface area contributed by atoms with E-state index >= 15 is 0 Å². The topological polar surface area (TPSA) is 53.2 Å². The van der Waals surface area contributed by atoms with Gasteiger partial charge >= 0.3 is 0 Å². The zero-order chi connectivity index (χ0) is 19.2. The van der Waals surface area contributed by atoms with E-state index in [1.807, 2.05) is 54.6 Å². The molecule has 4 nitrogen and oxygen atoms in total. The number of rotatable bonds is 5. The van der Waals surface area contributed by atoms with E-state index in [1.54, 1.807) is 0 Å². The average Bonchev–Trinajstić information content (AvgIpc) is 2.56. The monoisotopic (exact) mass is 493 g/mol. The fraction of sp³-hybridized carbons (Fsp3) is 0.176. The number of benzene rings is 2. The van der Waals surface area contributed by atoms with Crippen molar-refractivity contribution in [3.8, 4) is 0 Å². The zero-order valence-electron chi connectivity index (χ0n) is 13.3. The maximum atomic E-state index is 12.3. The van der Waals surface area contributed by atoms with Crippen LogP contribution in [0.15, 0.2) is 59.1 Å². The molecular weight excluding hydrogens is 481 g/mol. The Bertz CT molecular complexity index is 771. The van der Waals surface area contributed by atoms with Gasteiger partial charge < -0.3 is 16.0 Å². The van der Waals surface area contributed by atoms with Gasteiger partial charge in [0.1, 0.15) is 6.17 Å². The second kappa shape index (κ2) is 9.76. The molecule has 138 valence electrons. The lowest BCUT2D eigenvalue weighted by Crippen LogP contribution is -2.56. The summed E-state index contributed by atoms with van der Waals surface area (Å²) in [4.78, 5) is 12.3. The first-order chi connectivity index (χ1) is 12.3. The van der Waals surface area contributed by atoms with E-state index in [-0.39, 0.29) is 17.4 Å². The molecule has 2 aromatic rings. The Morgan fingerprint density at radius 2 is 1.65 bits per heavy atom. The van der Waals surface area contributed by atoms with Gasteiger partial charge in [0.15, 0.2) is 5.11 Å². The van der Waals surface area contributed by atoms with Gasteiger partial charge in [0.2, 0.25) is 9.70 Å². The molecule has 3 N–H and O–H groups in total. The van der Waals surface area contributed by atoms with Gasteiger partial charge in [0.05, 0.1) is 12.1 Å². The number of para-hydroxylation sites is 1. The minimum atomic E-state index is -1.80. The molecule has 1 atom stereocenters. The van der Waals surface area contributed by atoms with Crippen LogP contribution in [-0.4, -0.2) is 21.0 Å². The number of halogens is 4. The lowest BCUT2D eigenvalue weighted by Gasteiger charge is -2.28. The summed E-state index contributed by atoms with van der Waals surface area (Å²) in [6.07, 6.45) is -0.851. The van der Waals surface area contributed by atoms with E-state index in [2.05, 4.69) is 31.9 Å². The lowest BCUT2D eigenvalue weighted by molar-refractivity contribution is -0.121. The summed E-state index contributed by atoms with van der Waals surface area (Å²) in [5, 5.41) is 8.66. The van der Waals surface area contributed by atoms with Crippen LogP contribution < -0.4 is 16.0 Å². The average molecular weight is 496 g/mol. The summed E-state index contributed by atoms with van der Waals surface area (Å²) in [6.45, 7) is 0. The molecular formula is C17H15BrCl3N3OS. The summed E-state index contributed by atoms with van der Waals surface area (Å²) in [6, 6.07) is 16.7. The predicted octanol–water partition coefficient (Wildman–Crippen LogP) is 4.79. The van der Waals surface area contributed by atoms with Crippen molar-refractivity contribution in [1.82, 2.24) is 10.6 Å². The van der Waals surface area contributed by atoms with Crippen LogP contribution in [0.5, 0.6) is 0 Å². The summed E-state index contributed by atoms with van der Waals surface area (Å²) >= 11 is 26.6. The Hall–Kier alpha value is -1.05. The van der Waals surface area contributed by atoms with Crippen molar-refractivity contribution in [2.24, 2.45) is 0 Å². The van der Waals surface area contributed by atoms with Gasteiger partial charge in [0, 0.05) is 4.47 Å². The number of hydrogen-bond acceptors (Lipinski definition) is 2. The molecule has 9 heteroatoms. The van der Waals surface area contributed by atoms with Gasteiger partial charge in [-0.2, -0.15) is 0 Å². The smallest absolute Gasteiger partial charge is 0.228 e. The predicted molar refractivity (Wildman–Crippen MR) is 116 cm³/mol. The van der Waals surface area contributed by atoms with Crippen molar-refractivity contribution in [2.45, 2.75) is 16.4 Å². The van der Waals surface area contributed by atoms with Crippen LogP contribution >= 0.6 is 63.0 Å². The normalized spacial score (nSPS) is 12.2. The highest BCUT2D eigenvalue weighted by atomic mass is 79.9. The lowest BCUT2D eigenvalue weighted by atomic mass is 10.1. The molecule has 0 aliphatic heterocycles. The van der Waals surface area contributed by atoms with Crippen molar-refractivity contribution in [1.29, 1.82) is 0 Å². The second-order valence-electron chi connectivity index (χ2n) is 5.28. The Balaban J connectivity index is 2.00. The molecule has 2 aromatic carbocycles. The highest BCUT2D eigenvalue weighted by Crippen LogP contribution is 2.29. The molecule has 1 amide bonds. The number of carbonyl (C=O) groups is 1. The van der Waals surface area contributed by atoms with Crippen molar-refractivity contribution >= 4 is 79.7 Å². The van der Waals surface area contributed by atoms with E-state index < -0.39 is 9.96 Å². The Morgan fingerprint density at radius 1 is 1.04 bits per heavy atom. The summed E-state index contributed by atoms with van der Waals surface area (Å²) in [7, 11) is 0. The largest absolute Gasteiger partial charge is 0.339 e. The van der Waals surface area contributed by atoms with E-state index in [0.29, 0.717) is 0 Å². The molecule has 26 heavy (non-hydrogen) atoms. The number of anilines is 1. The van der Waals surface area contributed by atoms with Crippen LogP contribution in [0.3, 0.4) is 0 Å². The summed E-state index contributed by atoms with van der Waals surface area (Å²) in [5.74, 6) is -0.302. The van der Waals surface area contributed by atoms with Crippen LogP contribution in [-0.2, 0) is 11.2 Å². The minimum absolute atomic E-state index is 0.157. The van der Waals surface area contributed by atoms with Gasteiger partial charge in [-0.25, -0.2) is 0 Å². The maximum absolute atomic E-state index is 12.3. The maximum Gasteiger partial charge on any atom is 0.228 e. The van der Waals surface area contributed by atoms with E-state index in [9.17, 15) is 4.79 Å². The SMILES string of the molecule is O=C(Cc1ccccc1)N[C@H](NC(=S)Nc1ccccc1Br)C(Cl)(Cl)Cl. The quantitative estimate of drug-likeness (QED) is 0.317.